The Kier molecular flexibility index (Phi) is 6.67. The molecule has 0 amide bonds. The molecule has 0 saturated carbocycles. The van der Waals surface area contributed by atoms with Crippen LogP contribution in [0.4, 0.5) is 8.78 Å². The molecular weight excluding hydrogens is 410 g/mol. The molecule has 0 unspecified atom stereocenters. The zero-order valence-electron chi connectivity index (χ0n) is 17.6. The summed E-state index contributed by atoms with van der Waals surface area (Å²) in [4.78, 5) is 0. The van der Waals surface area contributed by atoms with E-state index < -0.39 is 0 Å². The van der Waals surface area contributed by atoms with Crippen molar-refractivity contribution in [2.75, 3.05) is 0 Å². The fraction of sp³-hybridized carbons (Fsp3) is 0.214. The van der Waals surface area contributed by atoms with Crippen LogP contribution in [0.5, 0.6) is 0 Å². The van der Waals surface area contributed by atoms with Crippen LogP contribution in [0.1, 0.15) is 34.7 Å². The molecule has 0 spiro atoms. The van der Waals surface area contributed by atoms with Gasteiger partial charge in [0, 0.05) is 10.4 Å². The molecule has 0 aromatic heterocycles. The van der Waals surface area contributed by atoms with E-state index in [-0.39, 0.29) is 11.6 Å². The third-order valence-corrected chi connectivity index (χ3v) is 6.16. The summed E-state index contributed by atoms with van der Waals surface area (Å²) in [5, 5.41) is 2.22. The molecule has 0 atom stereocenters. The predicted octanol–water partition coefficient (Wildman–Crippen LogP) is 7.90. The lowest BCUT2D eigenvalue weighted by Crippen LogP contribution is -1.98. The highest BCUT2D eigenvalue weighted by molar-refractivity contribution is 6.30. The number of hydrogen-bond acceptors (Lipinski definition) is 0. The summed E-state index contributed by atoms with van der Waals surface area (Å²) < 4.78 is 29.3. The molecule has 0 radical (unpaired) electrons. The maximum atomic E-state index is 15.1. The van der Waals surface area contributed by atoms with Crippen molar-refractivity contribution in [1.29, 1.82) is 0 Å². The van der Waals surface area contributed by atoms with E-state index >= 15 is 4.39 Å². The maximum absolute atomic E-state index is 15.1. The van der Waals surface area contributed by atoms with Gasteiger partial charge in [-0.3, -0.25) is 0 Å². The summed E-state index contributed by atoms with van der Waals surface area (Å²) in [7, 11) is 0. The van der Waals surface area contributed by atoms with Crippen molar-refractivity contribution in [3.05, 3.63) is 117 Å². The largest absolute Gasteiger partial charge is 0.207 e. The monoisotopic (exact) mass is 434 g/mol. The third kappa shape index (κ3) is 5.14. The lowest BCUT2D eigenvalue weighted by Gasteiger charge is -2.10. The van der Waals surface area contributed by atoms with E-state index in [1.807, 2.05) is 73.7 Å². The van der Waals surface area contributed by atoms with Crippen molar-refractivity contribution in [1.82, 2.24) is 0 Å². The van der Waals surface area contributed by atoms with E-state index in [9.17, 15) is 4.39 Å². The van der Waals surface area contributed by atoms with Crippen molar-refractivity contribution >= 4 is 22.4 Å². The first kappa shape index (κ1) is 21.5. The zero-order valence-corrected chi connectivity index (χ0v) is 18.4. The molecule has 0 bridgehead atoms. The van der Waals surface area contributed by atoms with Crippen LogP contribution in [0.3, 0.4) is 0 Å². The molecule has 0 aliphatic heterocycles. The van der Waals surface area contributed by atoms with Gasteiger partial charge in [-0.15, -0.1) is 0 Å². The second-order valence-corrected chi connectivity index (χ2v) is 8.44. The van der Waals surface area contributed by atoms with E-state index in [1.165, 1.54) is 0 Å². The first-order valence-electron chi connectivity index (χ1n) is 10.7. The summed E-state index contributed by atoms with van der Waals surface area (Å²) in [5.74, 6) is -0.296. The normalized spacial score (nSPS) is 11.2. The number of hydrogen-bond donors (Lipinski definition) is 0. The molecule has 4 rings (SSSR count). The number of fused-ring (bicyclic) bond motifs is 1. The zero-order chi connectivity index (χ0) is 21.8. The van der Waals surface area contributed by atoms with Gasteiger partial charge < -0.3 is 0 Å². The quantitative estimate of drug-likeness (QED) is 0.277. The highest BCUT2D eigenvalue weighted by Gasteiger charge is 2.10. The molecule has 0 aliphatic carbocycles. The minimum absolute atomic E-state index is 0.142. The molecule has 158 valence electrons. The fourth-order valence-corrected chi connectivity index (χ4v) is 4.08. The van der Waals surface area contributed by atoms with Crippen LogP contribution >= 0.6 is 11.6 Å². The average molecular weight is 435 g/mol. The van der Waals surface area contributed by atoms with Crippen molar-refractivity contribution in [2.24, 2.45) is 0 Å². The Morgan fingerprint density at radius 2 is 1.29 bits per heavy atom. The standard InChI is InChI=1S/C28H25ClF2/c1-2-19-3-9-22(27(30)18-19)10-5-21-8-16-26-24(17-21)13-12-23(28(26)31)11-4-20-6-14-25(29)15-7-20/h3,6-9,12-18H,2,4-5,10-11H2,1H3. The van der Waals surface area contributed by atoms with Gasteiger partial charge in [-0.05, 0) is 83.5 Å². The van der Waals surface area contributed by atoms with Crippen LogP contribution in [0.25, 0.3) is 10.8 Å². The number of benzene rings is 4. The predicted molar refractivity (Wildman–Crippen MR) is 126 cm³/mol. The minimum Gasteiger partial charge on any atom is -0.207 e. The van der Waals surface area contributed by atoms with Crippen LogP contribution in [0, 0.1) is 11.6 Å². The molecular formula is C28H25ClF2. The Morgan fingerprint density at radius 1 is 0.645 bits per heavy atom. The second kappa shape index (κ2) is 9.62. The number of aryl methyl sites for hydroxylation is 5. The second-order valence-electron chi connectivity index (χ2n) is 8.00. The van der Waals surface area contributed by atoms with Gasteiger partial charge >= 0.3 is 0 Å². The van der Waals surface area contributed by atoms with E-state index in [2.05, 4.69) is 0 Å². The molecule has 0 aliphatic rings. The molecule has 3 heteroatoms. The van der Waals surface area contributed by atoms with Crippen LogP contribution < -0.4 is 0 Å². The Morgan fingerprint density at radius 3 is 2.03 bits per heavy atom. The minimum atomic E-state index is -0.154. The topological polar surface area (TPSA) is 0 Å². The van der Waals surface area contributed by atoms with Gasteiger partial charge in [-0.2, -0.15) is 0 Å². The highest BCUT2D eigenvalue weighted by Crippen LogP contribution is 2.25. The van der Waals surface area contributed by atoms with E-state index in [0.717, 1.165) is 46.9 Å². The van der Waals surface area contributed by atoms with Crippen LogP contribution in [-0.4, -0.2) is 0 Å². The van der Waals surface area contributed by atoms with E-state index in [0.29, 0.717) is 28.8 Å². The van der Waals surface area contributed by atoms with E-state index in [1.54, 1.807) is 6.07 Å². The number of rotatable bonds is 7. The van der Waals surface area contributed by atoms with Crippen molar-refractivity contribution in [3.63, 3.8) is 0 Å². The first-order valence-corrected chi connectivity index (χ1v) is 11.1. The lowest BCUT2D eigenvalue weighted by atomic mass is 9.97. The third-order valence-electron chi connectivity index (χ3n) is 5.90. The summed E-state index contributed by atoms with van der Waals surface area (Å²) >= 11 is 5.93. The molecule has 0 fully saturated rings. The Labute approximate surface area is 187 Å². The number of halogens is 3. The van der Waals surface area contributed by atoms with Crippen LogP contribution in [0.2, 0.25) is 5.02 Å². The Balaban J connectivity index is 1.47. The van der Waals surface area contributed by atoms with Gasteiger partial charge in [0.15, 0.2) is 0 Å². The first-order chi connectivity index (χ1) is 15.0. The molecule has 0 nitrogen and oxygen atoms in total. The van der Waals surface area contributed by atoms with Gasteiger partial charge in [-0.25, -0.2) is 8.78 Å². The Hall–Kier alpha value is -2.71. The Bertz CT molecular complexity index is 1200. The van der Waals surface area contributed by atoms with Crippen LogP contribution in [0.15, 0.2) is 72.8 Å². The van der Waals surface area contributed by atoms with Crippen LogP contribution in [-0.2, 0) is 32.1 Å². The van der Waals surface area contributed by atoms with Gasteiger partial charge in [0.2, 0.25) is 0 Å². The molecule has 4 aromatic carbocycles. The van der Waals surface area contributed by atoms with Gasteiger partial charge in [0.05, 0.1) is 0 Å². The van der Waals surface area contributed by atoms with Crippen molar-refractivity contribution < 1.29 is 8.78 Å². The summed E-state index contributed by atoms with van der Waals surface area (Å²) in [6, 6.07) is 22.8. The average Bonchev–Trinajstić information content (AvgIpc) is 2.79. The molecule has 0 saturated heterocycles. The molecule has 0 N–H and O–H groups in total. The van der Waals surface area contributed by atoms with Gasteiger partial charge in [-0.1, -0.05) is 73.1 Å². The summed E-state index contributed by atoms with van der Waals surface area (Å²) in [6.07, 6.45) is 3.58. The maximum Gasteiger partial charge on any atom is 0.134 e. The molecule has 0 heterocycles. The van der Waals surface area contributed by atoms with Crippen molar-refractivity contribution in [3.8, 4) is 0 Å². The van der Waals surface area contributed by atoms with Gasteiger partial charge in [0.25, 0.3) is 0 Å². The lowest BCUT2D eigenvalue weighted by molar-refractivity contribution is 0.606. The smallest absolute Gasteiger partial charge is 0.134 e. The summed E-state index contributed by atoms with van der Waals surface area (Å²) in [5.41, 5.74) is 4.67. The molecule has 31 heavy (non-hydrogen) atoms. The van der Waals surface area contributed by atoms with Gasteiger partial charge in [0.1, 0.15) is 11.6 Å². The summed E-state index contributed by atoms with van der Waals surface area (Å²) in [6.45, 7) is 2.02. The van der Waals surface area contributed by atoms with E-state index in [4.69, 9.17) is 11.6 Å². The molecule has 4 aromatic rings. The fourth-order valence-electron chi connectivity index (χ4n) is 3.96. The SMILES string of the molecule is CCc1ccc(CCc2ccc3c(F)c(CCc4ccc(Cl)cc4)ccc3c2)c(F)c1. The highest BCUT2D eigenvalue weighted by atomic mass is 35.5. The van der Waals surface area contributed by atoms with Crippen molar-refractivity contribution in [2.45, 2.75) is 39.0 Å².